The lowest BCUT2D eigenvalue weighted by Gasteiger charge is -2.23. The van der Waals surface area contributed by atoms with E-state index < -0.39 is 17.1 Å². The molecule has 0 bridgehead atoms. The Kier molecular flexibility index (Phi) is 17.3. The number of anilines is 2. The van der Waals surface area contributed by atoms with E-state index in [0.717, 1.165) is 48.8 Å². The summed E-state index contributed by atoms with van der Waals surface area (Å²) < 4.78 is 3.17. The van der Waals surface area contributed by atoms with Crippen LogP contribution in [0.2, 0.25) is 0 Å². The minimum atomic E-state index is -0.667. The van der Waals surface area contributed by atoms with Gasteiger partial charge >= 0.3 is 0 Å². The van der Waals surface area contributed by atoms with Gasteiger partial charge in [0.05, 0.1) is 12.1 Å². The van der Waals surface area contributed by atoms with Crippen LogP contribution in [0, 0.1) is 13.8 Å². The molecule has 2 aromatic carbocycles. The zero-order valence-electron chi connectivity index (χ0n) is 39.7. The number of nitrogens with zero attached hydrogens (tertiary/aromatic N) is 7. The molecule has 71 heavy (non-hydrogen) atoms. The average Bonchev–Trinajstić information content (AvgIpc) is 4.20. The number of benzene rings is 2. The number of hydrogen-bond donors (Lipinski definition) is 7. The molecule has 2 saturated heterocycles. The predicted molar refractivity (Wildman–Crippen MR) is 272 cm³/mol. The number of halogens is 1. The molecule has 0 unspecified atom stereocenters. The van der Waals surface area contributed by atoms with Crippen molar-refractivity contribution >= 4 is 58.0 Å². The minimum absolute atomic E-state index is 0.0474. The SMILES string of the molecule is C=CC(=O)Cl.C=CC(=O)N1CCC[C@H]1c1nc(-c2ccc(C(=O)Nc3cc(C)ccn3)cc2)c(C(N)=O)n1NC.CNn1c([C@@H]2CCCN2)nc(-c2ccc(C(=O)Nc3cc(C)ccn3)cc2)c1C(N)=O. The van der Waals surface area contributed by atoms with Crippen molar-refractivity contribution in [3.63, 3.8) is 0 Å². The number of carbonyl (C=O) groups is 6. The van der Waals surface area contributed by atoms with Crippen molar-refractivity contribution in [1.29, 1.82) is 0 Å². The Morgan fingerprint density at radius 3 is 1.55 bits per heavy atom. The third-order valence-electron chi connectivity index (χ3n) is 11.4. The standard InChI is InChI=1S/C25H27N7O3.C22H25N7O2.C3H3ClO/c1-4-20(33)31-13-5-6-18(31)24-30-21(22(23(26)34)32(24)27-3)16-7-9-17(10-8-16)25(35)29-19-14-15(2)11-12-28-19;1-13-9-11-26-17(12-13)27-22(31)15-7-5-14(6-8-15)18-19(20(23)30)29(24-2)21(28-18)16-4-3-10-25-16;1-2-3(4)5/h4,7-12,14,18,27H,1,5-6,13H2,2-3H3,(H2,26,34)(H,28,29,35);5-9,11-12,16,24-25H,3-4,10H2,1-2H3,(H2,23,30)(H,26,27,31);2H,1H2/t18-;16-;/m00./s1. The Hall–Kier alpha value is -8.49. The molecule has 6 aromatic rings. The summed E-state index contributed by atoms with van der Waals surface area (Å²) in [6.07, 6.45) is 9.07. The monoisotopic (exact) mass is 982 g/mol. The molecular weight excluding hydrogens is 928 g/mol. The van der Waals surface area contributed by atoms with Gasteiger partial charge in [0, 0.05) is 55.3 Å². The molecule has 8 rings (SSSR count). The van der Waals surface area contributed by atoms with Gasteiger partial charge in [0.1, 0.15) is 28.8 Å². The topological polar surface area (TPSA) is 279 Å². The summed E-state index contributed by atoms with van der Waals surface area (Å²) in [7, 11) is 3.38. The van der Waals surface area contributed by atoms with E-state index in [1.807, 2.05) is 26.0 Å². The molecule has 20 nitrogen and oxygen atoms in total. The molecule has 2 atom stereocenters. The van der Waals surface area contributed by atoms with Crippen LogP contribution in [0.1, 0.15) is 102 Å². The number of rotatable bonds is 14. The molecule has 9 N–H and O–H groups in total. The van der Waals surface area contributed by atoms with Crippen molar-refractivity contribution in [2.45, 2.75) is 51.6 Å². The van der Waals surface area contributed by atoms with Crippen molar-refractivity contribution in [2.75, 3.05) is 48.7 Å². The lowest BCUT2D eigenvalue weighted by Crippen LogP contribution is -2.32. The lowest BCUT2D eigenvalue weighted by atomic mass is 10.1. The van der Waals surface area contributed by atoms with Crippen LogP contribution >= 0.6 is 11.6 Å². The Balaban J connectivity index is 0.000000213. The molecule has 2 aliphatic heterocycles. The molecule has 0 aliphatic carbocycles. The molecule has 2 aliphatic rings. The van der Waals surface area contributed by atoms with E-state index in [1.165, 1.54) is 10.8 Å². The number of likely N-dealkylation sites (tertiary alicyclic amines) is 1. The van der Waals surface area contributed by atoms with Crippen LogP contribution in [0.4, 0.5) is 11.6 Å². The second-order valence-corrected chi connectivity index (χ2v) is 16.6. The van der Waals surface area contributed by atoms with Crippen molar-refractivity contribution in [3.8, 4) is 22.5 Å². The van der Waals surface area contributed by atoms with E-state index in [-0.39, 0.29) is 41.2 Å². The van der Waals surface area contributed by atoms with Crippen LogP contribution in [0.25, 0.3) is 22.5 Å². The van der Waals surface area contributed by atoms with Gasteiger partial charge in [-0.15, -0.1) is 0 Å². The largest absolute Gasteiger partial charge is 0.364 e. The molecule has 4 aromatic heterocycles. The van der Waals surface area contributed by atoms with Crippen LogP contribution in [0.15, 0.2) is 111 Å². The highest BCUT2D eigenvalue weighted by Gasteiger charge is 2.35. The summed E-state index contributed by atoms with van der Waals surface area (Å²) in [5, 5.41) is 8.44. The Morgan fingerprint density at radius 2 is 1.15 bits per heavy atom. The van der Waals surface area contributed by atoms with Gasteiger partial charge in [-0.05, 0) is 129 Å². The van der Waals surface area contributed by atoms with Crippen molar-refractivity contribution in [2.24, 2.45) is 11.5 Å². The number of allylic oxidation sites excluding steroid dienone is 1. The molecular formula is C50H55ClN14O6. The van der Waals surface area contributed by atoms with Crippen LogP contribution < -0.4 is 38.3 Å². The van der Waals surface area contributed by atoms with Gasteiger partial charge in [0.15, 0.2) is 17.2 Å². The van der Waals surface area contributed by atoms with Crippen molar-refractivity contribution in [1.82, 2.24) is 39.5 Å². The van der Waals surface area contributed by atoms with Gasteiger partial charge in [-0.1, -0.05) is 37.4 Å². The number of nitrogens with two attached hydrogens (primary N) is 2. The van der Waals surface area contributed by atoms with Gasteiger partial charge in [-0.2, -0.15) is 0 Å². The molecule has 0 spiro atoms. The molecule has 5 amide bonds. The second kappa shape index (κ2) is 23.7. The maximum atomic E-state index is 12.7. The number of aromatic nitrogens is 6. The first-order valence-corrected chi connectivity index (χ1v) is 22.8. The zero-order chi connectivity index (χ0) is 51.4. The summed E-state index contributed by atoms with van der Waals surface area (Å²) in [4.78, 5) is 91.2. The quantitative estimate of drug-likeness (QED) is 0.0505. The number of aryl methyl sites for hydroxylation is 2. The summed E-state index contributed by atoms with van der Waals surface area (Å²) in [5.74, 6) is 0.168. The normalized spacial score (nSPS) is 14.7. The van der Waals surface area contributed by atoms with Crippen molar-refractivity contribution in [3.05, 3.63) is 156 Å². The van der Waals surface area contributed by atoms with Crippen LogP contribution in [0.3, 0.4) is 0 Å². The molecule has 6 heterocycles. The van der Waals surface area contributed by atoms with Crippen LogP contribution in [0.5, 0.6) is 0 Å². The van der Waals surface area contributed by atoms with Crippen LogP contribution in [-0.4, -0.2) is 96.2 Å². The third-order valence-corrected chi connectivity index (χ3v) is 11.6. The van der Waals surface area contributed by atoms with Crippen LogP contribution in [-0.2, 0) is 9.59 Å². The molecule has 2 fully saturated rings. The highest BCUT2D eigenvalue weighted by molar-refractivity contribution is 6.66. The predicted octanol–water partition coefficient (Wildman–Crippen LogP) is 5.77. The number of hydrogen-bond acceptors (Lipinski definition) is 13. The average molecular weight is 984 g/mol. The van der Waals surface area contributed by atoms with E-state index in [2.05, 4.69) is 49.9 Å². The van der Waals surface area contributed by atoms with E-state index in [1.54, 1.807) is 96.7 Å². The number of imidazole rings is 2. The zero-order valence-corrected chi connectivity index (χ0v) is 40.4. The van der Waals surface area contributed by atoms with Crippen molar-refractivity contribution < 1.29 is 28.8 Å². The molecule has 368 valence electrons. The summed E-state index contributed by atoms with van der Waals surface area (Å²) >= 11 is 4.71. The summed E-state index contributed by atoms with van der Waals surface area (Å²) in [6, 6.07) is 20.6. The number of amides is 5. The maximum Gasteiger partial charge on any atom is 0.269 e. The van der Waals surface area contributed by atoms with E-state index in [4.69, 9.17) is 33.0 Å². The smallest absolute Gasteiger partial charge is 0.269 e. The van der Waals surface area contributed by atoms with E-state index >= 15 is 0 Å². The molecule has 21 heteroatoms. The highest BCUT2D eigenvalue weighted by atomic mass is 35.5. The number of nitrogens with one attached hydrogen (secondary N) is 5. The molecule has 0 saturated carbocycles. The lowest BCUT2D eigenvalue weighted by molar-refractivity contribution is -0.127. The minimum Gasteiger partial charge on any atom is -0.364 e. The van der Waals surface area contributed by atoms with Gasteiger partial charge in [0.2, 0.25) is 11.1 Å². The first-order valence-electron chi connectivity index (χ1n) is 22.5. The van der Waals surface area contributed by atoms with E-state index in [0.29, 0.717) is 64.1 Å². The Morgan fingerprint density at radius 1 is 0.690 bits per heavy atom. The molecule has 0 radical (unpaired) electrons. The Labute approximate surface area is 414 Å². The van der Waals surface area contributed by atoms with E-state index in [9.17, 15) is 28.8 Å². The summed E-state index contributed by atoms with van der Waals surface area (Å²) in [5.41, 5.74) is 22.9. The third kappa shape index (κ3) is 12.4. The number of pyridine rings is 2. The first kappa shape index (κ1) is 51.9. The van der Waals surface area contributed by atoms with Gasteiger partial charge < -0.3 is 43.2 Å². The van der Waals surface area contributed by atoms with Gasteiger partial charge in [-0.3, -0.25) is 28.8 Å². The van der Waals surface area contributed by atoms with Gasteiger partial charge in [-0.25, -0.2) is 29.3 Å². The fourth-order valence-electron chi connectivity index (χ4n) is 8.11. The fourth-order valence-corrected chi connectivity index (χ4v) is 8.11. The number of carbonyl (C=O) groups excluding carboxylic acids is 6. The maximum absolute atomic E-state index is 12.7. The highest BCUT2D eigenvalue weighted by Crippen LogP contribution is 2.35. The number of primary amides is 2. The van der Waals surface area contributed by atoms with Gasteiger partial charge in [0.25, 0.3) is 23.6 Å². The second-order valence-electron chi connectivity index (χ2n) is 16.2. The first-order chi connectivity index (χ1) is 34.1. The fraction of sp³-hybridized carbons (Fsp3) is 0.240. The Bertz CT molecular complexity index is 2960. The summed E-state index contributed by atoms with van der Waals surface area (Å²) in [6.45, 7) is 12.0.